The number of aromatic nitrogens is 2. The predicted octanol–water partition coefficient (Wildman–Crippen LogP) is 4.64. The number of hydrogen-bond acceptors (Lipinski definition) is 3. The number of rotatable bonds is 6. The highest BCUT2D eigenvalue weighted by Crippen LogP contribution is 2.28. The Hall–Kier alpha value is -2.35. The van der Waals surface area contributed by atoms with Crippen LogP contribution in [0.3, 0.4) is 0 Å². The van der Waals surface area contributed by atoms with Gasteiger partial charge in [0.2, 0.25) is 0 Å². The van der Waals surface area contributed by atoms with Gasteiger partial charge in [-0.3, -0.25) is 14.8 Å². The Balaban J connectivity index is 1.80. The Morgan fingerprint density at radius 1 is 1.23 bits per heavy atom. The molecule has 1 aromatic heterocycles. The van der Waals surface area contributed by atoms with Crippen molar-refractivity contribution in [3.63, 3.8) is 0 Å². The number of aromatic amines is 1. The van der Waals surface area contributed by atoms with Gasteiger partial charge in [0.25, 0.3) is 5.91 Å². The summed E-state index contributed by atoms with van der Waals surface area (Å²) in [4.78, 5) is 17.1. The van der Waals surface area contributed by atoms with E-state index in [2.05, 4.69) is 23.8 Å². The molecule has 1 aromatic carbocycles. The van der Waals surface area contributed by atoms with E-state index in [9.17, 15) is 18.0 Å². The Bertz CT molecular complexity index is 854. The Morgan fingerprint density at radius 3 is 2.50 bits per heavy atom. The summed E-state index contributed by atoms with van der Waals surface area (Å²) in [5, 5.41) is 5.59. The standard InChI is InChI=1S/C22H29F3N4O/c1-15-7-4-5-10-18(15)14-28(11-12-29-16(2)8-6-9-17(29)3)21(30)19-13-20(27-26-19)22(23,24)25/h4-5,7,10,13,16-17H,6,8-9,11-12,14H2,1-3H3,(H,26,27). The molecule has 1 N–H and O–H groups in total. The fourth-order valence-corrected chi connectivity index (χ4v) is 4.14. The topological polar surface area (TPSA) is 52.2 Å². The highest BCUT2D eigenvalue weighted by atomic mass is 19.4. The van der Waals surface area contributed by atoms with Gasteiger partial charge in [0.05, 0.1) is 0 Å². The molecule has 164 valence electrons. The quantitative estimate of drug-likeness (QED) is 0.738. The average Bonchev–Trinajstić information content (AvgIpc) is 3.18. The highest BCUT2D eigenvalue weighted by Gasteiger charge is 2.34. The minimum Gasteiger partial charge on any atom is -0.332 e. The highest BCUT2D eigenvalue weighted by molar-refractivity contribution is 5.92. The van der Waals surface area contributed by atoms with Crippen LogP contribution in [0.25, 0.3) is 0 Å². The minimum absolute atomic E-state index is 0.212. The number of carbonyl (C=O) groups is 1. The number of alkyl halides is 3. The summed E-state index contributed by atoms with van der Waals surface area (Å²) < 4.78 is 38.8. The molecule has 1 fully saturated rings. The molecule has 0 radical (unpaired) electrons. The summed E-state index contributed by atoms with van der Waals surface area (Å²) in [7, 11) is 0. The van der Waals surface area contributed by atoms with Gasteiger partial charge in [0.15, 0.2) is 5.69 Å². The summed E-state index contributed by atoms with van der Waals surface area (Å²) in [6, 6.07) is 9.36. The molecule has 2 atom stereocenters. The van der Waals surface area contributed by atoms with E-state index in [1.54, 1.807) is 4.90 Å². The molecule has 0 spiro atoms. The summed E-state index contributed by atoms with van der Waals surface area (Å²) in [5.41, 5.74) is 0.779. The lowest BCUT2D eigenvalue weighted by Gasteiger charge is -2.40. The van der Waals surface area contributed by atoms with Crippen molar-refractivity contribution in [3.05, 3.63) is 52.8 Å². The first-order chi connectivity index (χ1) is 14.2. The molecule has 1 saturated heterocycles. The maximum absolute atomic E-state index is 13.1. The number of aryl methyl sites for hydroxylation is 1. The van der Waals surface area contributed by atoms with Gasteiger partial charge >= 0.3 is 6.18 Å². The molecule has 0 aliphatic carbocycles. The summed E-state index contributed by atoms with van der Waals surface area (Å²) in [5.74, 6) is -0.498. The van der Waals surface area contributed by atoms with Crippen LogP contribution in [0.1, 0.15) is 60.4 Å². The van der Waals surface area contributed by atoms with E-state index >= 15 is 0 Å². The van der Waals surface area contributed by atoms with Gasteiger partial charge in [0.1, 0.15) is 5.69 Å². The van der Waals surface area contributed by atoms with Crippen molar-refractivity contribution in [2.75, 3.05) is 13.1 Å². The largest absolute Gasteiger partial charge is 0.432 e. The molecular weight excluding hydrogens is 393 g/mol. The summed E-state index contributed by atoms with van der Waals surface area (Å²) in [6.45, 7) is 7.77. The van der Waals surface area contributed by atoms with E-state index in [-0.39, 0.29) is 5.69 Å². The number of H-pyrrole nitrogens is 1. The molecular formula is C22H29F3N4O. The first-order valence-corrected chi connectivity index (χ1v) is 10.4. The lowest BCUT2D eigenvalue weighted by Crippen LogP contribution is -2.48. The number of benzene rings is 1. The third kappa shape index (κ3) is 5.22. The summed E-state index contributed by atoms with van der Waals surface area (Å²) >= 11 is 0. The minimum atomic E-state index is -4.56. The number of likely N-dealkylation sites (tertiary alicyclic amines) is 1. The lowest BCUT2D eigenvalue weighted by atomic mass is 9.97. The van der Waals surface area contributed by atoms with E-state index in [1.165, 1.54) is 6.42 Å². The van der Waals surface area contributed by atoms with E-state index < -0.39 is 17.8 Å². The fraction of sp³-hybridized carbons (Fsp3) is 0.545. The van der Waals surface area contributed by atoms with E-state index in [0.717, 1.165) is 30.0 Å². The first-order valence-electron chi connectivity index (χ1n) is 10.4. The molecule has 0 saturated carbocycles. The van der Waals surface area contributed by atoms with Gasteiger partial charge in [-0.25, -0.2) is 0 Å². The monoisotopic (exact) mass is 422 g/mol. The second kappa shape index (κ2) is 9.20. The molecule has 0 bridgehead atoms. The van der Waals surface area contributed by atoms with Gasteiger partial charge in [0, 0.05) is 37.8 Å². The van der Waals surface area contributed by atoms with Gasteiger partial charge < -0.3 is 4.90 Å². The maximum Gasteiger partial charge on any atom is 0.432 e. The number of carbonyl (C=O) groups excluding carboxylic acids is 1. The number of nitrogens with zero attached hydrogens (tertiary/aromatic N) is 3. The zero-order chi connectivity index (χ0) is 21.9. The second-order valence-corrected chi connectivity index (χ2v) is 8.18. The van der Waals surface area contributed by atoms with Crippen LogP contribution in [-0.4, -0.2) is 51.1 Å². The molecule has 1 aliphatic rings. The molecule has 2 unspecified atom stereocenters. The van der Waals surface area contributed by atoms with Crippen molar-refractivity contribution >= 4 is 5.91 Å². The van der Waals surface area contributed by atoms with Crippen molar-refractivity contribution in [3.8, 4) is 0 Å². The molecule has 30 heavy (non-hydrogen) atoms. The van der Waals surface area contributed by atoms with E-state index in [1.807, 2.05) is 36.3 Å². The van der Waals surface area contributed by atoms with Gasteiger partial charge in [-0.05, 0) is 44.7 Å². The van der Waals surface area contributed by atoms with Crippen molar-refractivity contribution in [1.82, 2.24) is 20.0 Å². The van der Waals surface area contributed by atoms with Crippen LogP contribution in [0.5, 0.6) is 0 Å². The Morgan fingerprint density at radius 2 is 1.90 bits per heavy atom. The average molecular weight is 422 g/mol. The molecule has 5 nitrogen and oxygen atoms in total. The van der Waals surface area contributed by atoms with Crippen LogP contribution in [0.4, 0.5) is 13.2 Å². The number of hydrogen-bond donors (Lipinski definition) is 1. The zero-order valence-corrected chi connectivity index (χ0v) is 17.7. The predicted molar refractivity (Wildman–Crippen MR) is 109 cm³/mol. The lowest BCUT2D eigenvalue weighted by molar-refractivity contribution is -0.141. The van der Waals surface area contributed by atoms with Crippen molar-refractivity contribution in [2.45, 2.75) is 64.8 Å². The van der Waals surface area contributed by atoms with Crippen LogP contribution in [-0.2, 0) is 12.7 Å². The number of amides is 1. The molecule has 8 heteroatoms. The van der Waals surface area contributed by atoms with Crippen molar-refractivity contribution in [1.29, 1.82) is 0 Å². The van der Waals surface area contributed by atoms with E-state index in [4.69, 9.17) is 0 Å². The molecule has 2 heterocycles. The summed E-state index contributed by atoms with van der Waals surface area (Å²) in [6.07, 6.45) is -1.14. The van der Waals surface area contributed by atoms with Crippen molar-refractivity contribution < 1.29 is 18.0 Å². The van der Waals surface area contributed by atoms with Gasteiger partial charge in [-0.2, -0.15) is 18.3 Å². The maximum atomic E-state index is 13.1. The third-order valence-corrected chi connectivity index (χ3v) is 6.02. The van der Waals surface area contributed by atoms with Crippen LogP contribution < -0.4 is 0 Å². The van der Waals surface area contributed by atoms with Crippen LogP contribution >= 0.6 is 0 Å². The first kappa shape index (κ1) is 22.3. The smallest absolute Gasteiger partial charge is 0.332 e. The molecule has 1 aliphatic heterocycles. The molecule has 2 aromatic rings. The number of piperidine rings is 1. The Kier molecular flexibility index (Phi) is 6.85. The SMILES string of the molecule is Cc1ccccc1CN(CCN1C(C)CCCC1C)C(=O)c1cc(C(F)(F)F)[nH]n1. The normalized spacial score (nSPS) is 20.3. The molecule has 1 amide bonds. The van der Waals surface area contributed by atoms with E-state index in [0.29, 0.717) is 31.7 Å². The molecule has 3 rings (SSSR count). The number of nitrogens with one attached hydrogen (secondary N) is 1. The zero-order valence-electron chi connectivity index (χ0n) is 17.7. The van der Waals surface area contributed by atoms with Gasteiger partial charge in [-0.1, -0.05) is 30.7 Å². The fourth-order valence-electron chi connectivity index (χ4n) is 4.14. The van der Waals surface area contributed by atoms with Crippen LogP contribution in [0.2, 0.25) is 0 Å². The van der Waals surface area contributed by atoms with Gasteiger partial charge in [-0.15, -0.1) is 0 Å². The Labute approximate surface area is 175 Å². The van der Waals surface area contributed by atoms with Crippen molar-refractivity contribution in [2.24, 2.45) is 0 Å². The van der Waals surface area contributed by atoms with Crippen LogP contribution in [0, 0.1) is 6.92 Å². The third-order valence-electron chi connectivity index (χ3n) is 6.02. The van der Waals surface area contributed by atoms with Crippen LogP contribution in [0.15, 0.2) is 30.3 Å². The second-order valence-electron chi connectivity index (χ2n) is 8.18. The number of halogens is 3.